The molecule has 0 radical (unpaired) electrons. The summed E-state index contributed by atoms with van der Waals surface area (Å²) < 4.78 is 11.2. The number of aromatic nitrogens is 1. The Kier molecular flexibility index (Phi) is 6.57. The fourth-order valence-corrected chi connectivity index (χ4v) is 2.93. The SMILES string of the molecule is Cc1cccnc1OCC(C)(C)C(=O)NC1CN(C(=O)OC(C)(C)C)CC1C. The summed E-state index contributed by atoms with van der Waals surface area (Å²) >= 11 is 0. The Morgan fingerprint density at radius 2 is 1.93 bits per heavy atom. The second kappa shape index (κ2) is 8.37. The molecule has 0 aliphatic carbocycles. The highest BCUT2D eigenvalue weighted by atomic mass is 16.6. The zero-order valence-electron chi connectivity index (χ0n) is 18.0. The van der Waals surface area contributed by atoms with Crippen LogP contribution in [0.5, 0.6) is 5.88 Å². The molecule has 0 spiro atoms. The molecule has 7 nitrogen and oxygen atoms in total. The average molecular weight is 392 g/mol. The van der Waals surface area contributed by atoms with Gasteiger partial charge in [-0.15, -0.1) is 0 Å². The van der Waals surface area contributed by atoms with Gasteiger partial charge >= 0.3 is 6.09 Å². The van der Waals surface area contributed by atoms with Crippen LogP contribution in [0.4, 0.5) is 4.79 Å². The number of nitrogens with zero attached hydrogens (tertiary/aromatic N) is 2. The largest absolute Gasteiger partial charge is 0.476 e. The van der Waals surface area contributed by atoms with Crippen LogP contribution in [0.15, 0.2) is 18.3 Å². The van der Waals surface area contributed by atoms with E-state index in [4.69, 9.17) is 9.47 Å². The Bertz CT molecular complexity index is 712. The first kappa shape index (κ1) is 22.0. The van der Waals surface area contributed by atoms with Crippen molar-refractivity contribution in [3.05, 3.63) is 23.9 Å². The first-order valence-corrected chi connectivity index (χ1v) is 9.72. The fourth-order valence-electron chi connectivity index (χ4n) is 2.93. The molecule has 156 valence electrons. The van der Waals surface area contributed by atoms with Crippen LogP contribution in [0.2, 0.25) is 0 Å². The monoisotopic (exact) mass is 391 g/mol. The number of likely N-dealkylation sites (tertiary alicyclic amines) is 1. The van der Waals surface area contributed by atoms with E-state index in [1.54, 1.807) is 11.1 Å². The number of aryl methyl sites for hydroxylation is 1. The van der Waals surface area contributed by atoms with E-state index in [1.807, 2.05) is 60.6 Å². The minimum atomic E-state index is -0.733. The minimum absolute atomic E-state index is 0.107. The molecule has 2 atom stereocenters. The van der Waals surface area contributed by atoms with Gasteiger partial charge in [-0.05, 0) is 53.5 Å². The first-order valence-electron chi connectivity index (χ1n) is 9.72. The molecule has 0 aromatic carbocycles. The van der Waals surface area contributed by atoms with Crippen molar-refractivity contribution in [1.82, 2.24) is 15.2 Å². The Labute approximate surface area is 167 Å². The zero-order valence-corrected chi connectivity index (χ0v) is 18.0. The van der Waals surface area contributed by atoms with Gasteiger partial charge in [0.05, 0.1) is 11.5 Å². The van der Waals surface area contributed by atoms with Gasteiger partial charge in [0, 0.05) is 24.8 Å². The summed E-state index contributed by atoms with van der Waals surface area (Å²) in [5.41, 5.74) is -0.343. The third kappa shape index (κ3) is 5.84. The van der Waals surface area contributed by atoms with Crippen molar-refractivity contribution in [3.8, 4) is 5.88 Å². The molecule has 1 aliphatic heterocycles. The fraction of sp³-hybridized carbons (Fsp3) is 0.667. The van der Waals surface area contributed by atoms with Crippen molar-refractivity contribution in [2.24, 2.45) is 11.3 Å². The molecular formula is C21H33N3O4. The highest BCUT2D eigenvalue weighted by Crippen LogP contribution is 2.23. The van der Waals surface area contributed by atoms with Crippen molar-refractivity contribution in [2.75, 3.05) is 19.7 Å². The maximum Gasteiger partial charge on any atom is 0.410 e. The van der Waals surface area contributed by atoms with Crippen LogP contribution >= 0.6 is 0 Å². The van der Waals surface area contributed by atoms with E-state index >= 15 is 0 Å². The smallest absolute Gasteiger partial charge is 0.410 e. The van der Waals surface area contributed by atoms with Crippen molar-refractivity contribution >= 4 is 12.0 Å². The van der Waals surface area contributed by atoms with Gasteiger partial charge in [-0.3, -0.25) is 4.79 Å². The Hall–Kier alpha value is -2.31. The Balaban J connectivity index is 1.92. The lowest BCUT2D eigenvalue weighted by molar-refractivity contribution is -0.131. The van der Waals surface area contributed by atoms with Crippen molar-refractivity contribution in [3.63, 3.8) is 0 Å². The molecular weight excluding hydrogens is 358 g/mol. The molecule has 2 heterocycles. The molecule has 1 aliphatic rings. The first-order chi connectivity index (χ1) is 12.9. The van der Waals surface area contributed by atoms with Crippen LogP contribution in [-0.2, 0) is 9.53 Å². The van der Waals surface area contributed by atoms with E-state index in [9.17, 15) is 9.59 Å². The number of hydrogen-bond acceptors (Lipinski definition) is 5. The van der Waals surface area contributed by atoms with Crippen LogP contribution in [0, 0.1) is 18.3 Å². The van der Waals surface area contributed by atoms with E-state index in [2.05, 4.69) is 10.3 Å². The number of ether oxygens (including phenoxy) is 2. The lowest BCUT2D eigenvalue weighted by Gasteiger charge is -2.27. The number of carbonyl (C=O) groups is 2. The van der Waals surface area contributed by atoms with Gasteiger partial charge in [0.25, 0.3) is 0 Å². The van der Waals surface area contributed by atoms with E-state index < -0.39 is 11.0 Å². The van der Waals surface area contributed by atoms with Gasteiger partial charge in [-0.2, -0.15) is 0 Å². The highest BCUT2D eigenvalue weighted by molar-refractivity contribution is 5.82. The number of hydrogen-bond donors (Lipinski definition) is 1. The number of amides is 2. The summed E-state index contributed by atoms with van der Waals surface area (Å²) in [6.07, 6.45) is 1.32. The Morgan fingerprint density at radius 1 is 1.25 bits per heavy atom. The van der Waals surface area contributed by atoms with Gasteiger partial charge in [0.15, 0.2) is 0 Å². The third-order valence-corrected chi connectivity index (χ3v) is 4.73. The number of rotatable bonds is 5. The van der Waals surface area contributed by atoms with Crippen LogP contribution in [-0.4, -0.2) is 53.2 Å². The second-order valence-corrected chi connectivity index (χ2v) is 9.24. The number of carbonyl (C=O) groups excluding carboxylic acids is 2. The average Bonchev–Trinajstić information content (AvgIpc) is 2.93. The molecule has 2 amide bonds. The molecule has 7 heteroatoms. The molecule has 1 aromatic heterocycles. The molecule has 2 unspecified atom stereocenters. The molecule has 1 saturated heterocycles. The van der Waals surface area contributed by atoms with E-state index in [1.165, 1.54) is 0 Å². The summed E-state index contributed by atoms with van der Waals surface area (Å²) in [5, 5.41) is 3.08. The van der Waals surface area contributed by atoms with Gasteiger partial charge < -0.3 is 19.7 Å². The van der Waals surface area contributed by atoms with Gasteiger partial charge in [-0.1, -0.05) is 13.0 Å². The predicted molar refractivity (Wildman–Crippen MR) is 107 cm³/mol. The van der Waals surface area contributed by atoms with Gasteiger partial charge in [0.1, 0.15) is 12.2 Å². The summed E-state index contributed by atoms with van der Waals surface area (Å²) in [6, 6.07) is 3.65. The summed E-state index contributed by atoms with van der Waals surface area (Å²) in [5.74, 6) is 0.573. The molecule has 1 N–H and O–H groups in total. The number of pyridine rings is 1. The van der Waals surface area contributed by atoms with Crippen molar-refractivity contribution < 1.29 is 19.1 Å². The molecule has 28 heavy (non-hydrogen) atoms. The van der Waals surface area contributed by atoms with Gasteiger partial charge in [0.2, 0.25) is 11.8 Å². The van der Waals surface area contributed by atoms with Crippen LogP contribution < -0.4 is 10.1 Å². The maximum absolute atomic E-state index is 12.8. The molecule has 0 saturated carbocycles. The normalized spacial score (nSPS) is 20.0. The molecule has 0 bridgehead atoms. The minimum Gasteiger partial charge on any atom is -0.476 e. The summed E-state index contributed by atoms with van der Waals surface area (Å²) in [7, 11) is 0. The van der Waals surface area contributed by atoms with E-state index in [0.717, 1.165) is 5.56 Å². The zero-order chi connectivity index (χ0) is 21.1. The van der Waals surface area contributed by atoms with Gasteiger partial charge in [-0.25, -0.2) is 9.78 Å². The molecule has 1 fully saturated rings. The highest BCUT2D eigenvalue weighted by Gasteiger charge is 2.38. The Morgan fingerprint density at radius 3 is 2.54 bits per heavy atom. The predicted octanol–water partition coefficient (Wildman–Crippen LogP) is 3.17. The summed E-state index contributed by atoms with van der Waals surface area (Å²) in [6.45, 7) is 14.4. The van der Waals surface area contributed by atoms with E-state index in [-0.39, 0.29) is 30.6 Å². The lowest BCUT2D eigenvalue weighted by Crippen LogP contribution is -2.48. The molecule has 1 aromatic rings. The number of nitrogens with one attached hydrogen (secondary N) is 1. The topological polar surface area (TPSA) is 80.8 Å². The van der Waals surface area contributed by atoms with Crippen molar-refractivity contribution in [1.29, 1.82) is 0 Å². The van der Waals surface area contributed by atoms with Crippen molar-refractivity contribution in [2.45, 2.75) is 60.1 Å². The second-order valence-electron chi connectivity index (χ2n) is 9.24. The molecule has 2 rings (SSSR count). The van der Waals surface area contributed by atoms with Crippen LogP contribution in [0.1, 0.15) is 47.1 Å². The lowest BCUT2D eigenvalue weighted by atomic mass is 9.92. The van der Waals surface area contributed by atoms with Crippen LogP contribution in [0.25, 0.3) is 0 Å². The van der Waals surface area contributed by atoms with Crippen LogP contribution in [0.3, 0.4) is 0 Å². The quantitative estimate of drug-likeness (QED) is 0.834. The summed E-state index contributed by atoms with van der Waals surface area (Å²) in [4.78, 5) is 31.0. The van der Waals surface area contributed by atoms with E-state index in [0.29, 0.717) is 19.0 Å². The maximum atomic E-state index is 12.8. The standard InChI is InChI=1S/C21H33N3O4/c1-14-9-8-10-22-17(14)27-13-21(6,7)18(25)23-16-12-24(11-15(16)2)19(26)28-20(3,4)5/h8-10,15-16H,11-13H2,1-7H3,(H,23,25). The third-order valence-electron chi connectivity index (χ3n) is 4.73.